The summed E-state index contributed by atoms with van der Waals surface area (Å²) in [5.74, 6) is 0.625. The third-order valence-corrected chi connectivity index (χ3v) is 2.75. The fraction of sp³-hybridized carbons (Fsp3) is 0.250. The summed E-state index contributed by atoms with van der Waals surface area (Å²) in [5, 5.41) is 0. The zero-order valence-electron chi connectivity index (χ0n) is 11.7. The van der Waals surface area contributed by atoms with E-state index in [0.717, 1.165) is 5.56 Å². The Labute approximate surface area is 118 Å². The second kappa shape index (κ2) is 6.19. The van der Waals surface area contributed by atoms with Gasteiger partial charge in [0.05, 0.1) is 12.3 Å². The molecule has 0 saturated heterocycles. The van der Waals surface area contributed by atoms with E-state index in [-0.39, 0.29) is 11.9 Å². The average Bonchev–Trinajstić information content (AvgIpc) is 2.41. The number of nitrogens with zero attached hydrogens (tertiary/aromatic N) is 1. The van der Waals surface area contributed by atoms with Gasteiger partial charge in [0, 0.05) is 23.9 Å². The van der Waals surface area contributed by atoms with Gasteiger partial charge in [-0.3, -0.25) is 9.78 Å². The van der Waals surface area contributed by atoms with Gasteiger partial charge in [0.15, 0.2) is 5.78 Å². The second-order valence-electron chi connectivity index (χ2n) is 4.92. The van der Waals surface area contributed by atoms with E-state index in [0.29, 0.717) is 23.4 Å². The highest BCUT2D eigenvalue weighted by Crippen LogP contribution is 2.15. The van der Waals surface area contributed by atoms with Gasteiger partial charge in [-0.25, -0.2) is 0 Å². The molecule has 0 bridgehead atoms. The number of aromatic nitrogens is 1. The van der Waals surface area contributed by atoms with Crippen LogP contribution >= 0.6 is 0 Å². The first kappa shape index (κ1) is 14.1. The van der Waals surface area contributed by atoms with Gasteiger partial charge in [0.2, 0.25) is 0 Å². The van der Waals surface area contributed by atoms with Crippen molar-refractivity contribution in [3.63, 3.8) is 0 Å². The van der Waals surface area contributed by atoms with Crippen LogP contribution in [-0.4, -0.2) is 16.9 Å². The van der Waals surface area contributed by atoms with Crippen molar-refractivity contribution in [3.8, 4) is 5.75 Å². The van der Waals surface area contributed by atoms with Crippen molar-refractivity contribution in [2.24, 2.45) is 0 Å². The first-order valence-electron chi connectivity index (χ1n) is 6.54. The lowest BCUT2D eigenvalue weighted by molar-refractivity contribution is 0.0992. The fourth-order valence-corrected chi connectivity index (χ4v) is 1.83. The zero-order valence-corrected chi connectivity index (χ0v) is 11.7. The minimum atomic E-state index is 0.0106. The molecule has 1 aromatic heterocycles. The van der Waals surface area contributed by atoms with Gasteiger partial charge in [-0.1, -0.05) is 12.1 Å². The van der Waals surface area contributed by atoms with Crippen LogP contribution < -0.4 is 10.5 Å². The first-order chi connectivity index (χ1) is 9.54. The molecule has 0 spiro atoms. The molecule has 0 amide bonds. The molecule has 4 heteroatoms. The molecule has 0 atom stereocenters. The van der Waals surface area contributed by atoms with Gasteiger partial charge in [0.1, 0.15) is 5.75 Å². The zero-order chi connectivity index (χ0) is 14.5. The molecule has 1 aromatic carbocycles. The van der Waals surface area contributed by atoms with Gasteiger partial charge < -0.3 is 10.5 Å². The summed E-state index contributed by atoms with van der Waals surface area (Å²) in [6.45, 7) is 3.87. The number of carbonyl (C=O) groups excluding carboxylic acids is 1. The summed E-state index contributed by atoms with van der Waals surface area (Å²) >= 11 is 0. The van der Waals surface area contributed by atoms with Crippen LogP contribution in [0, 0.1) is 0 Å². The second-order valence-corrected chi connectivity index (χ2v) is 4.92. The normalized spacial score (nSPS) is 10.6. The summed E-state index contributed by atoms with van der Waals surface area (Å²) in [5.41, 5.74) is 7.80. The van der Waals surface area contributed by atoms with Crippen molar-refractivity contribution < 1.29 is 9.53 Å². The van der Waals surface area contributed by atoms with Crippen LogP contribution in [0.5, 0.6) is 5.75 Å². The lowest BCUT2D eigenvalue weighted by atomic mass is 10.0. The van der Waals surface area contributed by atoms with Gasteiger partial charge in [-0.05, 0) is 37.6 Å². The number of benzene rings is 1. The summed E-state index contributed by atoms with van der Waals surface area (Å²) in [7, 11) is 0. The quantitative estimate of drug-likeness (QED) is 0.670. The maximum atomic E-state index is 12.2. The number of anilines is 1. The van der Waals surface area contributed by atoms with Crippen LogP contribution in [0.3, 0.4) is 0 Å². The van der Waals surface area contributed by atoms with Gasteiger partial charge in [-0.2, -0.15) is 0 Å². The van der Waals surface area contributed by atoms with Crippen molar-refractivity contribution in [1.29, 1.82) is 0 Å². The molecule has 0 fully saturated rings. The smallest absolute Gasteiger partial charge is 0.168 e. The maximum Gasteiger partial charge on any atom is 0.168 e. The Bertz CT molecular complexity index is 592. The summed E-state index contributed by atoms with van der Waals surface area (Å²) in [4.78, 5) is 16.3. The highest BCUT2D eigenvalue weighted by molar-refractivity contribution is 5.97. The highest BCUT2D eigenvalue weighted by atomic mass is 16.5. The van der Waals surface area contributed by atoms with E-state index in [1.54, 1.807) is 30.6 Å². The standard InChI is InChI=1S/C16H18N2O2/c1-11(2)20-15-8-13(9-18-10-15)16(19)7-12-3-5-14(17)6-4-12/h3-6,8-11H,7,17H2,1-2H3. The molecule has 0 aliphatic heterocycles. The lowest BCUT2D eigenvalue weighted by Gasteiger charge is -2.10. The molecular weight excluding hydrogens is 252 g/mol. The molecule has 2 N–H and O–H groups in total. The van der Waals surface area contributed by atoms with Crippen LogP contribution in [0.1, 0.15) is 29.8 Å². The first-order valence-corrected chi connectivity index (χ1v) is 6.54. The minimum absolute atomic E-state index is 0.0106. The summed E-state index contributed by atoms with van der Waals surface area (Å²) in [6, 6.07) is 9.02. The molecule has 0 saturated carbocycles. The number of hydrogen-bond donors (Lipinski definition) is 1. The third kappa shape index (κ3) is 3.82. The van der Waals surface area contributed by atoms with Crippen molar-refractivity contribution >= 4 is 11.5 Å². The molecule has 0 aliphatic rings. The molecule has 1 heterocycles. The van der Waals surface area contributed by atoms with Crippen LogP contribution in [0.15, 0.2) is 42.7 Å². The van der Waals surface area contributed by atoms with Crippen molar-refractivity contribution in [1.82, 2.24) is 4.98 Å². The lowest BCUT2D eigenvalue weighted by Crippen LogP contribution is -2.08. The number of pyridine rings is 1. The van der Waals surface area contributed by atoms with Crippen molar-refractivity contribution in [3.05, 3.63) is 53.9 Å². The van der Waals surface area contributed by atoms with Crippen LogP contribution in [0.4, 0.5) is 5.69 Å². The van der Waals surface area contributed by atoms with E-state index >= 15 is 0 Å². The Hall–Kier alpha value is -2.36. The van der Waals surface area contributed by atoms with Crippen LogP contribution in [-0.2, 0) is 6.42 Å². The predicted molar refractivity (Wildman–Crippen MR) is 78.9 cm³/mol. The number of nitrogen functional groups attached to an aromatic ring is 1. The Morgan fingerprint density at radius 2 is 1.95 bits per heavy atom. The topological polar surface area (TPSA) is 65.2 Å². The molecule has 0 unspecified atom stereocenters. The predicted octanol–water partition coefficient (Wildman–Crippen LogP) is 2.88. The number of carbonyl (C=O) groups is 1. The van der Waals surface area contributed by atoms with Crippen LogP contribution in [0.2, 0.25) is 0 Å². The fourth-order valence-electron chi connectivity index (χ4n) is 1.83. The van der Waals surface area contributed by atoms with Crippen molar-refractivity contribution in [2.45, 2.75) is 26.4 Å². The Morgan fingerprint density at radius 3 is 2.60 bits per heavy atom. The number of nitrogens with two attached hydrogens (primary N) is 1. The van der Waals surface area contributed by atoms with E-state index in [1.165, 1.54) is 0 Å². The van der Waals surface area contributed by atoms with Gasteiger partial charge in [0.25, 0.3) is 0 Å². The summed E-state index contributed by atoms with van der Waals surface area (Å²) < 4.78 is 5.54. The van der Waals surface area contributed by atoms with E-state index in [4.69, 9.17) is 10.5 Å². The average molecular weight is 270 g/mol. The number of ketones is 1. The molecule has 4 nitrogen and oxygen atoms in total. The SMILES string of the molecule is CC(C)Oc1cncc(C(=O)Cc2ccc(N)cc2)c1. The maximum absolute atomic E-state index is 12.2. The highest BCUT2D eigenvalue weighted by Gasteiger charge is 2.09. The van der Waals surface area contributed by atoms with E-state index in [2.05, 4.69) is 4.98 Å². The number of Topliss-reactive ketones (excluding diaryl/α,β-unsaturated/α-hetero) is 1. The monoisotopic (exact) mass is 270 g/mol. The molecular formula is C16H18N2O2. The Morgan fingerprint density at radius 1 is 1.25 bits per heavy atom. The largest absolute Gasteiger partial charge is 0.489 e. The van der Waals surface area contributed by atoms with E-state index in [9.17, 15) is 4.79 Å². The number of ether oxygens (including phenoxy) is 1. The Kier molecular flexibility index (Phi) is 4.35. The molecule has 20 heavy (non-hydrogen) atoms. The number of hydrogen-bond acceptors (Lipinski definition) is 4. The third-order valence-electron chi connectivity index (χ3n) is 2.75. The molecule has 0 aliphatic carbocycles. The van der Waals surface area contributed by atoms with Crippen LogP contribution in [0.25, 0.3) is 0 Å². The van der Waals surface area contributed by atoms with Crippen molar-refractivity contribution in [2.75, 3.05) is 5.73 Å². The minimum Gasteiger partial charge on any atom is -0.489 e. The van der Waals surface area contributed by atoms with Gasteiger partial charge in [-0.15, -0.1) is 0 Å². The molecule has 2 aromatic rings. The van der Waals surface area contributed by atoms with E-state index < -0.39 is 0 Å². The number of rotatable bonds is 5. The molecule has 2 rings (SSSR count). The Balaban J connectivity index is 2.10. The molecule has 104 valence electrons. The molecule has 0 radical (unpaired) electrons. The van der Waals surface area contributed by atoms with E-state index in [1.807, 2.05) is 26.0 Å². The summed E-state index contributed by atoms with van der Waals surface area (Å²) in [6.07, 6.45) is 3.55. The van der Waals surface area contributed by atoms with Gasteiger partial charge >= 0.3 is 0 Å².